The topological polar surface area (TPSA) is 44.9 Å². The van der Waals surface area contributed by atoms with Crippen molar-refractivity contribution in [3.05, 3.63) is 28.7 Å². The Kier molecular flexibility index (Phi) is 4.38. The van der Waals surface area contributed by atoms with Crippen LogP contribution in [0.5, 0.6) is 0 Å². The van der Waals surface area contributed by atoms with Crippen molar-refractivity contribution in [2.45, 2.75) is 6.92 Å². The van der Waals surface area contributed by atoms with Gasteiger partial charge in [0, 0.05) is 18.8 Å². The zero-order chi connectivity index (χ0) is 7.40. The fourth-order valence-electron chi connectivity index (χ4n) is 0.725. The molecule has 1 heterocycles. The predicted octanol–water partition coefficient (Wildman–Crippen LogP) is 1.23. The van der Waals surface area contributed by atoms with Crippen molar-refractivity contribution in [2.24, 2.45) is 0 Å². The summed E-state index contributed by atoms with van der Waals surface area (Å²) in [5, 5.41) is 3.06. The molecule has 0 aliphatic rings. The molecule has 0 unspecified atom stereocenters. The largest absolute Gasteiger partial charge is 0.384 e. The van der Waals surface area contributed by atoms with Crippen LogP contribution in [0.1, 0.15) is 6.92 Å². The first kappa shape index (κ1) is 10.0. The van der Waals surface area contributed by atoms with Crippen molar-refractivity contribution >= 4 is 18.1 Å². The van der Waals surface area contributed by atoms with Gasteiger partial charge in [0.1, 0.15) is 0 Å². The molecular formula is C7H11ClN2O. The Morgan fingerprint density at radius 2 is 2.27 bits per heavy atom. The van der Waals surface area contributed by atoms with Crippen LogP contribution in [0.4, 0.5) is 5.69 Å². The average Bonchev–Trinajstić information content (AvgIpc) is 1.95. The van der Waals surface area contributed by atoms with Crippen LogP contribution in [-0.2, 0) is 0 Å². The van der Waals surface area contributed by atoms with Crippen LogP contribution < -0.4 is 10.9 Å². The Hall–Kier alpha value is -0.960. The highest BCUT2D eigenvalue weighted by Gasteiger charge is 1.85. The Morgan fingerprint density at radius 3 is 2.73 bits per heavy atom. The molecule has 0 fully saturated rings. The van der Waals surface area contributed by atoms with Gasteiger partial charge in [0.05, 0.1) is 5.69 Å². The van der Waals surface area contributed by atoms with Gasteiger partial charge in [-0.15, -0.1) is 12.4 Å². The number of hydrogen-bond donors (Lipinski definition) is 2. The minimum absolute atomic E-state index is 0. The van der Waals surface area contributed by atoms with Gasteiger partial charge in [-0.1, -0.05) is 0 Å². The molecule has 0 atom stereocenters. The maximum absolute atomic E-state index is 10.5. The van der Waals surface area contributed by atoms with E-state index in [0.717, 1.165) is 12.2 Å². The van der Waals surface area contributed by atoms with Gasteiger partial charge in [0.2, 0.25) is 5.56 Å². The van der Waals surface area contributed by atoms with E-state index < -0.39 is 0 Å². The Labute approximate surface area is 71.2 Å². The van der Waals surface area contributed by atoms with Crippen LogP contribution in [0.25, 0.3) is 0 Å². The van der Waals surface area contributed by atoms with Crippen molar-refractivity contribution in [3.63, 3.8) is 0 Å². The van der Waals surface area contributed by atoms with Gasteiger partial charge in [-0.25, -0.2) is 0 Å². The lowest BCUT2D eigenvalue weighted by Gasteiger charge is -1.99. The van der Waals surface area contributed by atoms with Crippen molar-refractivity contribution in [1.82, 2.24) is 4.98 Å². The van der Waals surface area contributed by atoms with Gasteiger partial charge in [0.15, 0.2) is 0 Å². The van der Waals surface area contributed by atoms with Crippen LogP contribution in [0.3, 0.4) is 0 Å². The fraction of sp³-hybridized carbons (Fsp3) is 0.286. The van der Waals surface area contributed by atoms with Crippen LogP contribution >= 0.6 is 12.4 Å². The highest BCUT2D eigenvalue weighted by Crippen LogP contribution is 1.98. The van der Waals surface area contributed by atoms with Crippen molar-refractivity contribution in [3.8, 4) is 0 Å². The third-order valence-electron chi connectivity index (χ3n) is 1.17. The molecule has 0 bridgehead atoms. The summed E-state index contributed by atoms with van der Waals surface area (Å²) in [5.41, 5.74) is 0.878. The molecule has 11 heavy (non-hydrogen) atoms. The molecular weight excluding hydrogens is 164 g/mol. The van der Waals surface area contributed by atoms with Gasteiger partial charge in [-0.3, -0.25) is 4.79 Å². The molecule has 0 spiro atoms. The highest BCUT2D eigenvalue weighted by atomic mass is 35.5. The number of anilines is 1. The number of hydrogen-bond acceptors (Lipinski definition) is 2. The number of aromatic nitrogens is 1. The summed E-state index contributed by atoms with van der Waals surface area (Å²) in [5.74, 6) is 0. The number of aromatic amines is 1. The summed E-state index contributed by atoms with van der Waals surface area (Å²) in [6, 6.07) is 3.25. The fourth-order valence-corrected chi connectivity index (χ4v) is 0.725. The standard InChI is InChI=1S/C7H10N2O.ClH/c1-2-8-6-3-4-7(10)9-5-6;/h3-5,8H,2H2,1H3,(H,9,10);1H. The minimum atomic E-state index is -0.0679. The maximum Gasteiger partial charge on any atom is 0.248 e. The zero-order valence-electron chi connectivity index (χ0n) is 6.26. The molecule has 1 rings (SSSR count). The van der Waals surface area contributed by atoms with Crippen molar-refractivity contribution < 1.29 is 0 Å². The Balaban J connectivity index is 0.000001000. The molecule has 0 aliphatic carbocycles. The highest BCUT2D eigenvalue weighted by molar-refractivity contribution is 5.85. The summed E-state index contributed by atoms with van der Waals surface area (Å²) < 4.78 is 0. The second-order valence-corrected chi connectivity index (χ2v) is 1.97. The molecule has 0 aromatic carbocycles. The smallest absolute Gasteiger partial charge is 0.248 e. The van der Waals surface area contributed by atoms with E-state index in [0.29, 0.717) is 0 Å². The predicted molar refractivity (Wildman–Crippen MR) is 48.5 cm³/mol. The summed E-state index contributed by atoms with van der Waals surface area (Å²) in [6.07, 6.45) is 1.66. The van der Waals surface area contributed by atoms with Crippen molar-refractivity contribution in [1.29, 1.82) is 0 Å². The summed E-state index contributed by atoms with van der Waals surface area (Å²) in [4.78, 5) is 13.1. The molecule has 0 radical (unpaired) electrons. The first-order valence-corrected chi connectivity index (χ1v) is 3.25. The van der Waals surface area contributed by atoms with E-state index in [4.69, 9.17) is 0 Å². The number of H-pyrrole nitrogens is 1. The lowest BCUT2D eigenvalue weighted by molar-refractivity contribution is 1.17. The SMILES string of the molecule is CCNc1ccc(=O)[nH]c1.Cl. The van der Waals surface area contributed by atoms with E-state index in [1.54, 1.807) is 12.3 Å². The number of halogens is 1. The van der Waals surface area contributed by atoms with Gasteiger partial charge in [-0.05, 0) is 13.0 Å². The third kappa shape index (κ3) is 3.09. The normalized spacial score (nSPS) is 8.45. The third-order valence-corrected chi connectivity index (χ3v) is 1.17. The molecule has 1 aromatic heterocycles. The van der Waals surface area contributed by atoms with Gasteiger partial charge in [-0.2, -0.15) is 0 Å². The molecule has 0 aliphatic heterocycles. The molecule has 1 aromatic rings. The first-order chi connectivity index (χ1) is 4.83. The van der Waals surface area contributed by atoms with E-state index in [1.165, 1.54) is 6.07 Å². The van der Waals surface area contributed by atoms with Gasteiger partial charge >= 0.3 is 0 Å². The molecule has 3 nitrogen and oxygen atoms in total. The molecule has 2 N–H and O–H groups in total. The molecule has 62 valence electrons. The Morgan fingerprint density at radius 1 is 1.55 bits per heavy atom. The van der Waals surface area contributed by atoms with Crippen LogP contribution in [-0.4, -0.2) is 11.5 Å². The summed E-state index contributed by atoms with van der Waals surface area (Å²) in [6.45, 7) is 2.87. The monoisotopic (exact) mass is 174 g/mol. The van der Waals surface area contributed by atoms with E-state index in [2.05, 4.69) is 10.3 Å². The molecule has 4 heteroatoms. The van der Waals surface area contributed by atoms with E-state index in [-0.39, 0.29) is 18.0 Å². The quantitative estimate of drug-likeness (QED) is 0.709. The molecule has 0 amide bonds. The first-order valence-electron chi connectivity index (χ1n) is 3.25. The number of rotatable bonds is 2. The van der Waals surface area contributed by atoms with Crippen LogP contribution in [0.2, 0.25) is 0 Å². The van der Waals surface area contributed by atoms with Crippen LogP contribution in [0, 0.1) is 0 Å². The van der Waals surface area contributed by atoms with Gasteiger partial charge < -0.3 is 10.3 Å². The second-order valence-electron chi connectivity index (χ2n) is 1.97. The average molecular weight is 175 g/mol. The van der Waals surface area contributed by atoms with Crippen molar-refractivity contribution in [2.75, 3.05) is 11.9 Å². The van der Waals surface area contributed by atoms with Crippen LogP contribution in [0.15, 0.2) is 23.1 Å². The van der Waals surface area contributed by atoms with E-state index in [1.807, 2.05) is 6.92 Å². The van der Waals surface area contributed by atoms with E-state index in [9.17, 15) is 4.79 Å². The lowest BCUT2D eigenvalue weighted by Crippen LogP contribution is -2.04. The molecule has 0 saturated heterocycles. The summed E-state index contributed by atoms with van der Waals surface area (Å²) in [7, 11) is 0. The lowest BCUT2D eigenvalue weighted by atomic mass is 10.4. The number of nitrogens with one attached hydrogen (secondary N) is 2. The Bertz CT molecular complexity index is 238. The second kappa shape index (κ2) is 4.79. The number of pyridine rings is 1. The maximum atomic E-state index is 10.5. The minimum Gasteiger partial charge on any atom is -0.384 e. The summed E-state index contributed by atoms with van der Waals surface area (Å²) >= 11 is 0. The zero-order valence-corrected chi connectivity index (χ0v) is 7.07. The van der Waals surface area contributed by atoms with E-state index >= 15 is 0 Å². The van der Waals surface area contributed by atoms with Gasteiger partial charge in [0.25, 0.3) is 0 Å². The molecule has 0 saturated carbocycles.